The van der Waals surface area contributed by atoms with E-state index in [-0.39, 0.29) is 17.3 Å². The molecule has 116 valence electrons. The van der Waals surface area contributed by atoms with Gasteiger partial charge in [0.25, 0.3) is 0 Å². The third kappa shape index (κ3) is 1.68. The van der Waals surface area contributed by atoms with Crippen molar-refractivity contribution < 1.29 is 9.18 Å². The minimum absolute atomic E-state index is 0.184. The van der Waals surface area contributed by atoms with Crippen molar-refractivity contribution >= 4 is 6.41 Å². The van der Waals surface area contributed by atoms with Crippen molar-refractivity contribution in [1.82, 2.24) is 4.90 Å². The first-order valence-corrected chi connectivity index (χ1v) is 8.66. The van der Waals surface area contributed by atoms with Crippen molar-refractivity contribution in [3.8, 4) is 0 Å². The highest BCUT2D eigenvalue weighted by Gasteiger charge is 2.57. The molecule has 2 nitrogen and oxygen atoms in total. The van der Waals surface area contributed by atoms with E-state index in [2.05, 4.69) is 0 Å². The van der Waals surface area contributed by atoms with Crippen LogP contribution >= 0.6 is 0 Å². The highest BCUT2D eigenvalue weighted by Crippen LogP contribution is 2.66. The van der Waals surface area contributed by atoms with Crippen LogP contribution in [-0.2, 0) is 11.3 Å². The predicted molar refractivity (Wildman–Crippen MR) is 81.4 cm³/mol. The maximum absolute atomic E-state index is 13.6. The molecular weight excluding hydrogens is 277 g/mol. The molecule has 5 aliphatic rings. The Morgan fingerprint density at radius 1 is 1.09 bits per heavy atom. The summed E-state index contributed by atoms with van der Waals surface area (Å²) in [4.78, 5) is 13.7. The second kappa shape index (κ2) is 4.33. The fraction of sp³-hybridized carbons (Fsp3) is 0.632. The number of amides is 1. The summed E-state index contributed by atoms with van der Waals surface area (Å²) in [6.07, 6.45) is 9.03. The first kappa shape index (κ1) is 13.1. The van der Waals surface area contributed by atoms with Crippen LogP contribution in [0.4, 0.5) is 4.39 Å². The van der Waals surface area contributed by atoms with Crippen molar-refractivity contribution in [1.29, 1.82) is 0 Å². The Labute approximate surface area is 130 Å². The number of hydrogen-bond donors (Lipinski definition) is 0. The molecule has 0 radical (unpaired) electrons. The Kier molecular flexibility index (Phi) is 2.58. The molecule has 0 N–H and O–H groups in total. The highest BCUT2D eigenvalue weighted by molar-refractivity contribution is 5.54. The molecule has 1 unspecified atom stereocenters. The van der Waals surface area contributed by atoms with Crippen LogP contribution in [0.5, 0.6) is 0 Å². The highest BCUT2D eigenvalue weighted by atomic mass is 19.1. The lowest BCUT2D eigenvalue weighted by Crippen LogP contribution is -2.51. The lowest BCUT2D eigenvalue weighted by Gasteiger charge is -2.60. The van der Waals surface area contributed by atoms with E-state index in [1.165, 1.54) is 44.1 Å². The van der Waals surface area contributed by atoms with Gasteiger partial charge in [-0.05, 0) is 85.0 Å². The zero-order valence-corrected chi connectivity index (χ0v) is 12.8. The van der Waals surface area contributed by atoms with Crippen LogP contribution < -0.4 is 0 Å². The summed E-state index contributed by atoms with van der Waals surface area (Å²) in [6, 6.07) is 5.33. The van der Waals surface area contributed by atoms with Crippen LogP contribution in [0, 0.1) is 29.0 Å². The average Bonchev–Trinajstić information content (AvgIpc) is 2.84. The fourth-order valence-electron chi connectivity index (χ4n) is 6.74. The molecule has 4 aliphatic carbocycles. The summed E-state index contributed by atoms with van der Waals surface area (Å²) >= 11 is 0. The van der Waals surface area contributed by atoms with E-state index >= 15 is 0 Å². The largest absolute Gasteiger partial charge is 0.333 e. The predicted octanol–water partition coefficient (Wildman–Crippen LogP) is 4.06. The Morgan fingerprint density at radius 2 is 1.73 bits per heavy atom. The van der Waals surface area contributed by atoms with E-state index in [0.717, 1.165) is 29.7 Å². The van der Waals surface area contributed by atoms with Gasteiger partial charge in [-0.3, -0.25) is 4.79 Å². The van der Waals surface area contributed by atoms with Crippen LogP contribution in [0.3, 0.4) is 0 Å². The quantitative estimate of drug-likeness (QED) is 0.754. The molecule has 0 spiro atoms. The Bertz CT molecular complexity index is 605. The number of carbonyl (C=O) groups excluding carboxylic acids is 1. The van der Waals surface area contributed by atoms with Gasteiger partial charge in [0.15, 0.2) is 0 Å². The fourth-order valence-corrected chi connectivity index (χ4v) is 6.74. The molecule has 4 saturated carbocycles. The van der Waals surface area contributed by atoms with Crippen LogP contribution in [0.15, 0.2) is 18.2 Å². The second-order valence-corrected chi connectivity index (χ2v) is 8.30. The van der Waals surface area contributed by atoms with E-state index in [0.29, 0.717) is 6.54 Å². The van der Waals surface area contributed by atoms with Crippen LogP contribution in [-0.4, -0.2) is 11.3 Å². The van der Waals surface area contributed by atoms with Gasteiger partial charge in [-0.25, -0.2) is 4.39 Å². The zero-order valence-electron chi connectivity index (χ0n) is 12.8. The number of rotatable bonds is 2. The van der Waals surface area contributed by atoms with Gasteiger partial charge in [-0.2, -0.15) is 0 Å². The van der Waals surface area contributed by atoms with Crippen LogP contribution in [0.1, 0.15) is 55.7 Å². The van der Waals surface area contributed by atoms with E-state index < -0.39 is 0 Å². The lowest BCUT2D eigenvalue weighted by molar-refractivity contribution is -0.133. The number of halogens is 1. The van der Waals surface area contributed by atoms with Gasteiger partial charge in [0, 0.05) is 6.54 Å². The maximum atomic E-state index is 13.6. The smallest absolute Gasteiger partial charge is 0.210 e. The number of carbonyl (C=O) groups is 1. The molecule has 1 aliphatic heterocycles. The Morgan fingerprint density at radius 3 is 2.32 bits per heavy atom. The molecule has 3 heteroatoms. The maximum Gasteiger partial charge on any atom is 0.210 e. The number of hydrogen-bond acceptors (Lipinski definition) is 1. The molecule has 22 heavy (non-hydrogen) atoms. The SMILES string of the molecule is O=CN1Cc2cc(F)ccc2C1C12CC3CC(CC(C3)C1)C2. The van der Waals surface area contributed by atoms with Gasteiger partial charge in [-0.1, -0.05) is 6.07 Å². The monoisotopic (exact) mass is 299 g/mol. The molecule has 1 aromatic rings. The van der Waals surface area contributed by atoms with Gasteiger partial charge in [0.2, 0.25) is 6.41 Å². The Hall–Kier alpha value is -1.38. The molecular formula is C19H22FNO. The second-order valence-electron chi connectivity index (χ2n) is 8.30. The topological polar surface area (TPSA) is 20.3 Å². The summed E-state index contributed by atoms with van der Waals surface area (Å²) in [5.41, 5.74) is 2.50. The number of nitrogens with zero attached hydrogens (tertiary/aromatic N) is 1. The van der Waals surface area contributed by atoms with Gasteiger partial charge >= 0.3 is 0 Å². The molecule has 1 amide bonds. The molecule has 0 saturated heterocycles. The molecule has 6 rings (SSSR count). The molecule has 4 fully saturated rings. The zero-order chi connectivity index (χ0) is 14.9. The van der Waals surface area contributed by atoms with E-state index in [1.807, 2.05) is 11.0 Å². The van der Waals surface area contributed by atoms with Crippen molar-refractivity contribution in [2.75, 3.05) is 0 Å². The van der Waals surface area contributed by atoms with Crippen molar-refractivity contribution in [3.05, 3.63) is 35.1 Å². The van der Waals surface area contributed by atoms with Crippen molar-refractivity contribution in [2.24, 2.45) is 23.2 Å². The van der Waals surface area contributed by atoms with Crippen LogP contribution in [0.2, 0.25) is 0 Å². The third-order valence-electron chi connectivity index (χ3n) is 6.89. The average molecular weight is 299 g/mol. The summed E-state index contributed by atoms with van der Waals surface area (Å²) in [6.45, 7) is 0.586. The van der Waals surface area contributed by atoms with Crippen molar-refractivity contribution in [3.63, 3.8) is 0 Å². The number of benzene rings is 1. The molecule has 1 heterocycles. The van der Waals surface area contributed by atoms with Gasteiger partial charge in [0.05, 0.1) is 6.04 Å². The first-order chi connectivity index (χ1) is 10.7. The van der Waals surface area contributed by atoms with Gasteiger partial charge in [0.1, 0.15) is 5.82 Å². The summed E-state index contributed by atoms with van der Waals surface area (Å²) in [5.74, 6) is 2.41. The lowest BCUT2D eigenvalue weighted by atomic mass is 9.47. The summed E-state index contributed by atoms with van der Waals surface area (Å²) in [7, 11) is 0. The minimum atomic E-state index is -0.184. The van der Waals surface area contributed by atoms with E-state index in [1.54, 1.807) is 12.1 Å². The minimum Gasteiger partial charge on any atom is -0.333 e. The van der Waals surface area contributed by atoms with Gasteiger partial charge < -0.3 is 4.90 Å². The molecule has 1 atom stereocenters. The summed E-state index contributed by atoms with van der Waals surface area (Å²) in [5, 5.41) is 0. The van der Waals surface area contributed by atoms with E-state index in [4.69, 9.17) is 0 Å². The van der Waals surface area contributed by atoms with Crippen molar-refractivity contribution in [2.45, 2.75) is 51.1 Å². The molecule has 4 bridgehead atoms. The third-order valence-corrected chi connectivity index (χ3v) is 6.89. The molecule has 0 aromatic heterocycles. The van der Waals surface area contributed by atoms with Crippen LogP contribution in [0.25, 0.3) is 0 Å². The normalized spacial score (nSPS) is 41.8. The van der Waals surface area contributed by atoms with Gasteiger partial charge in [-0.15, -0.1) is 0 Å². The standard InChI is InChI=1S/C19H22FNO/c20-16-1-2-17-15(6-16)10-21(11-22)18(17)19-7-12-3-13(8-19)5-14(4-12)9-19/h1-2,6,11-14,18H,3-5,7-10H2. The number of fused-ring (bicyclic) bond motifs is 1. The summed E-state index contributed by atoms with van der Waals surface area (Å²) < 4.78 is 13.6. The molecule has 1 aromatic carbocycles. The van der Waals surface area contributed by atoms with E-state index in [9.17, 15) is 9.18 Å². The Balaban J connectivity index is 1.60. The first-order valence-electron chi connectivity index (χ1n) is 8.66.